The van der Waals surface area contributed by atoms with Crippen molar-refractivity contribution in [1.29, 1.82) is 0 Å². The lowest BCUT2D eigenvalue weighted by Crippen LogP contribution is -2.09. The van der Waals surface area contributed by atoms with E-state index >= 15 is 0 Å². The van der Waals surface area contributed by atoms with Gasteiger partial charge in [0.15, 0.2) is 5.16 Å². The number of fused-ring (bicyclic) bond motifs is 1. The average Bonchev–Trinajstić information content (AvgIpc) is 3.10. The van der Waals surface area contributed by atoms with E-state index in [1.807, 2.05) is 29.9 Å². The third kappa shape index (κ3) is 3.67. The molecule has 0 aliphatic carbocycles. The van der Waals surface area contributed by atoms with Crippen LogP contribution in [0.4, 0.5) is 5.95 Å². The van der Waals surface area contributed by atoms with E-state index in [-0.39, 0.29) is 0 Å². The first-order valence-electron chi connectivity index (χ1n) is 8.32. The third-order valence-electron chi connectivity index (χ3n) is 4.00. The maximum absolute atomic E-state index is 4.59. The monoisotopic (exact) mass is 362 g/mol. The number of hydrogen-bond donors (Lipinski definition) is 1. The van der Waals surface area contributed by atoms with Crippen LogP contribution in [-0.2, 0) is 7.05 Å². The minimum absolute atomic E-state index is 0.538. The van der Waals surface area contributed by atoms with Crippen LogP contribution in [0.1, 0.15) is 0 Å². The van der Waals surface area contributed by atoms with Gasteiger partial charge in [-0.2, -0.15) is 5.10 Å². The van der Waals surface area contributed by atoms with Crippen molar-refractivity contribution in [2.24, 2.45) is 7.05 Å². The Balaban J connectivity index is 1.43. The number of nitrogens with zero attached hydrogens (tertiary/aromatic N) is 5. The van der Waals surface area contributed by atoms with Crippen molar-refractivity contribution >= 4 is 28.5 Å². The van der Waals surface area contributed by atoms with Gasteiger partial charge in [-0.05, 0) is 16.8 Å². The largest absolute Gasteiger partial charge is 0.352 e. The molecule has 2 aromatic carbocycles. The number of aryl methyl sites for hydroxylation is 1. The van der Waals surface area contributed by atoms with Crippen LogP contribution >= 0.6 is 11.8 Å². The first kappa shape index (κ1) is 16.5. The number of rotatable bonds is 6. The molecule has 26 heavy (non-hydrogen) atoms. The summed E-state index contributed by atoms with van der Waals surface area (Å²) < 4.78 is 2.00. The molecule has 0 fully saturated rings. The summed E-state index contributed by atoms with van der Waals surface area (Å²) in [4.78, 5) is 8.88. The van der Waals surface area contributed by atoms with Crippen molar-refractivity contribution in [3.63, 3.8) is 0 Å². The van der Waals surface area contributed by atoms with Crippen LogP contribution < -0.4 is 5.32 Å². The lowest BCUT2D eigenvalue weighted by Gasteiger charge is -2.07. The number of benzene rings is 2. The highest BCUT2D eigenvalue weighted by Gasteiger charge is 2.05. The molecule has 130 valence electrons. The molecule has 0 atom stereocenters. The van der Waals surface area contributed by atoms with Crippen molar-refractivity contribution in [1.82, 2.24) is 24.7 Å². The number of imidazole rings is 1. The number of hydrogen-bond acceptors (Lipinski definition) is 6. The van der Waals surface area contributed by atoms with Crippen LogP contribution in [0.15, 0.2) is 66.2 Å². The predicted octanol–water partition coefficient (Wildman–Crippen LogP) is 3.63. The summed E-state index contributed by atoms with van der Waals surface area (Å²) in [6.07, 6.45) is 5.43. The van der Waals surface area contributed by atoms with Crippen LogP contribution in [0.5, 0.6) is 0 Å². The SMILES string of the molecule is Cn1ccnc1SCCNc1nncc(-c2ccc3ccccc3c2)n1. The van der Waals surface area contributed by atoms with E-state index in [4.69, 9.17) is 0 Å². The Bertz CT molecular complexity index is 1030. The maximum Gasteiger partial charge on any atom is 0.243 e. The molecule has 7 heteroatoms. The van der Waals surface area contributed by atoms with E-state index in [0.717, 1.165) is 28.7 Å². The van der Waals surface area contributed by atoms with Crippen molar-refractivity contribution < 1.29 is 0 Å². The van der Waals surface area contributed by atoms with Crippen LogP contribution in [0.3, 0.4) is 0 Å². The summed E-state index contributed by atoms with van der Waals surface area (Å²) in [5, 5.41) is 14.8. The maximum atomic E-state index is 4.59. The highest BCUT2D eigenvalue weighted by molar-refractivity contribution is 7.99. The number of anilines is 1. The smallest absolute Gasteiger partial charge is 0.243 e. The van der Waals surface area contributed by atoms with Gasteiger partial charge in [-0.3, -0.25) is 0 Å². The fourth-order valence-corrected chi connectivity index (χ4v) is 3.45. The van der Waals surface area contributed by atoms with Crippen LogP contribution in [-0.4, -0.2) is 37.0 Å². The third-order valence-corrected chi connectivity index (χ3v) is 5.06. The topological polar surface area (TPSA) is 68.5 Å². The van der Waals surface area contributed by atoms with Crippen LogP contribution in [0.25, 0.3) is 22.0 Å². The Morgan fingerprint density at radius 1 is 1.12 bits per heavy atom. The zero-order valence-electron chi connectivity index (χ0n) is 14.3. The molecule has 2 aromatic heterocycles. The summed E-state index contributed by atoms with van der Waals surface area (Å²) in [5.41, 5.74) is 1.84. The summed E-state index contributed by atoms with van der Waals surface area (Å²) >= 11 is 1.69. The Morgan fingerprint density at radius 2 is 2.00 bits per heavy atom. The molecule has 4 rings (SSSR count). The van der Waals surface area contributed by atoms with Crippen molar-refractivity contribution in [3.05, 3.63) is 61.1 Å². The van der Waals surface area contributed by atoms with E-state index in [0.29, 0.717) is 5.95 Å². The summed E-state index contributed by atoms with van der Waals surface area (Å²) in [6, 6.07) is 14.6. The van der Waals surface area contributed by atoms with Gasteiger partial charge in [-0.1, -0.05) is 48.2 Å². The molecule has 0 aliphatic heterocycles. The molecule has 1 N–H and O–H groups in total. The number of nitrogens with one attached hydrogen (secondary N) is 1. The van der Waals surface area contributed by atoms with Crippen LogP contribution in [0, 0.1) is 0 Å². The normalized spacial score (nSPS) is 11.0. The van der Waals surface area contributed by atoms with Gasteiger partial charge in [0.05, 0.1) is 11.9 Å². The van der Waals surface area contributed by atoms with Gasteiger partial charge >= 0.3 is 0 Å². The lowest BCUT2D eigenvalue weighted by molar-refractivity contribution is 0.790. The summed E-state index contributed by atoms with van der Waals surface area (Å²) in [5.74, 6) is 1.41. The van der Waals surface area contributed by atoms with E-state index in [1.54, 1.807) is 24.2 Å². The Hall–Kier alpha value is -2.93. The zero-order chi connectivity index (χ0) is 17.8. The molecular weight excluding hydrogens is 344 g/mol. The molecule has 0 amide bonds. The summed E-state index contributed by atoms with van der Waals surface area (Å²) in [6.45, 7) is 0.736. The van der Waals surface area contributed by atoms with Crippen molar-refractivity contribution in [3.8, 4) is 11.3 Å². The first-order valence-corrected chi connectivity index (χ1v) is 9.31. The Kier molecular flexibility index (Phi) is 4.79. The van der Waals surface area contributed by atoms with Gasteiger partial charge in [0, 0.05) is 37.3 Å². The van der Waals surface area contributed by atoms with Gasteiger partial charge in [-0.25, -0.2) is 9.97 Å². The molecule has 4 aromatic rings. The van der Waals surface area contributed by atoms with E-state index in [2.05, 4.69) is 55.8 Å². The quantitative estimate of drug-likeness (QED) is 0.417. The van der Waals surface area contributed by atoms with Gasteiger partial charge in [0.1, 0.15) is 0 Å². The highest BCUT2D eigenvalue weighted by atomic mass is 32.2. The molecule has 0 aliphatic rings. The molecule has 0 spiro atoms. The van der Waals surface area contributed by atoms with E-state index in [9.17, 15) is 0 Å². The standard InChI is InChI=1S/C19H18N6S/c1-25-10-8-21-19(25)26-11-9-20-18-23-17(13-22-24-18)16-7-6-14-4-2-3-5-15(14)12-16/h2-8,10,12-13H,9,11H2,1H3,(H,20,23,24). The Labute approximate surface area is 155 Å². The van der Waals surface area contributed by atoms with Gasteiger partial charge in [0.25, 0.3) is 0 Å². The minimum atomic E-state index is 0.538. The molecule has 0 bridgehead atoms. The van der Waals surface area contributed by atoms with Gasteiger partial charge in [0.2, 0.25) is 5.95 Å². The average molecular weight is 362 g/mol. The second-order valence-electron chi connectivity index (χ2n) is 5.82. The van der Waals surface area contributed by atoms with Gasteiger partial charge < -0.3 is 9.88 Å². The second-order valence-corrected chi connectivity index (χ2v) is 6.89. The van der Waals surface area contributed by atoms with E-state index < -0.39 is 0 Å². The van der Waals surface area contributed by atoms with Crippen molar-refractivity contribution in [2.45, 2.75) is 5.16 Å². The highest BCUT2D eigenvalue weighted by Crippen LogP contribution is 2.23. The second kappa shape index (κ2) is 7.53. The lowest BCUT2D eigenvalue weighted by atomic mass is 10.1. The molecule has 6 nitrogen and oxygen atoms in total. The minimum Gasteiger partial charge on any atom is -0.352 e. The molecule has 0 unspecified atom stereocenters. The number of thioether (sulfide) groups is 1. The molecule has 0 radical (unpaired) electrons. The summed E-state index contributed by atoms with van der Waals surface area (Å²) in [7, 11) is 1.99. The van der Waals surface area contributed by atoms with Gasteiger partial charge in [-0.15, -0.1) is 5.10 Å². The molecule has 0 saturated heterocycles. The molecule has 2 heterocycles. The van der Waals surface area contributed by atoms with Crippen LogP contribution in [0.2, 0.25) is 0 Å². The number of aromatic nitrogens is 5. The fourth-order valence-electron chi connectivity index (χ4n) is 2.66. The molecular formula is C19H18N6S. The molecule has 0 saturated carbocycles. The van der Waals surface area contributed by atoms with E-state index in [1.165, 1.54) is 10.8 Å². The van der Waals surface area contributed by atoms with Crippen molar-refractivity contribution in [2.75, 3.05) is 17.6 Å². The predicted molar refractivity (Wildman–Crippen MR) is 105 cm³/mol. The first-order chi connectivity index (χ1) is 12.8. The zero-order valence-corrected chi connectivity index (χ0v) is 15.1. The Morgan fingerprint density at radius 3 is 2.85 bits per heavy atom. The fraction of sp³-hybridized carbons (Fsp3) is 0.158.